The van der Waals surface area contributed by atoms with Gasteiger partial charge in [-0.1, -0.05) is 18.2 Å². The van der Waals surface area contributed by atoms with Crippen molar-refractivity contribution < 1.29 is 23.7 Å². The molecule has 1 saturated heterocycles. The summed E-state index contributed by atoms with van der Waals surface area (Å²) in [6, 6.07) is 15.3. The minimum Gasteiger partial charge on any atom is -0.495 e. The van der Waals surface area contributed by atoms with E-state index >= 15 is 0 Å². The number of pyridine rings is 1. The van der Waals surface area contributed by atoms with Gasteiger partial charge in [-0.25, -0.2) is 0 Å². The van der Waals surface area contributed by atoms with Crippen molar-refractivity contribution in [1.82, 2.24) is 15.2 Å². The number of aromatic nitrogens is 1. The first-order valence-electron chi connectivity index (χ1n) is 12.2. The van der Waals surface area contributed by atoms with E-state index in [-0.39, 0.29) is 11.9 Å². The number of carbonyl (C=O) groups excluding carboxylic acids is 1. The maximum absolute atomic E-state index is 13.2. The van der Waals surface area contributed by atoms with E-state index in [0.717, 1.165) is 43.2 Å². The van der Waals surface area contributed by atoms with Crippen LogP contribution < -0.4 is 29.2 Å². The third-order valence-corrected chi connectivity index (χ3v) is 6.63. The Bertz CT molecular complexity index is 1160. The lowest BCUT2D eigenvalue weighted by molar-refractivity contribution is 0.0929. The summed E-state index contributed by atoms with van der Waals surface area (Å²) in [6.45, 7) is 3.78. The highest BCUT2D eigenvalue weighted by Crippen LogP contribution is 2.38. The number of piperazine rings is 1. The zero-order valence-electron chi connectivity index (χ0n) is 21.8. The van der Waals surface area contributed by atoms with Gasteiger partial charge in [-0.05, 0) is 35.9 Å². The molecule has 3 aromatic rings. The molecule has 0 bridgehead atoms. The lowest BCUT2D eigenvalue weighted by Gasteiger charge is -2.40. The van der Waals surface area contributed by atoms with Gasteiger partial charge in [0.15, 0.2) is 11.5 Å². The van der Waals surface area contributed by atoms with Crippen LogP contribution in [0.5, 0.6) is 23.0 Å². The third-order valence-electron chi connectivity index (χ3n) is 6.63. The largest absolute Gasteiger partial charge is 0.495 e. The van der Waals surface area contributed by atoms with Gasteiger partial charge < -0.3 is 29.2 Å². The second-order valence-electron chi connectivity index (χ2n) is 8.62. The van der Waals surface area contributed by atoms with E-state index in [0.29, 0.717) is 29.4 Å². The quantitative estimate of drug-likeness (QED) is 0.448. The average Bonchev–Trinajstić information content (AvgIpc) is 2.97. The molecule has 0 aliphatic carbocycles. The number of hydrogen-bond donors (Lipinski definition) is 1. The van der Waals surface area contributed by atoms with E-state index in [1.54, 1.807) is 25.4 Å². The Morgan fingerprint density at radius 2 is 1.57 bits per heavy atom. The van der Waals surface area contributed by atoms with Crippen LogP contribution in [0.1, 0.15) is 22.0 Å². The van der Waals surface area contributed by atoms with Crippen LogP contribution >= 0.6 is 0 Å². The average molecular weight is 507 g/mol. The van der Waals surface area contributed by atoms with E-state index in [1.165, 1.54) is 21.3 Å². The van der Waals surface area contributed by atoms with Gasteiger partial charge in [0.2, 0.25) is 5.75 Å². The van der Waals surface area contributed by atoms with Crippen LogP contribution in [0.3, 0.4) is 0 Å². The van der Waals surface area contributed by atoms with Crippen LogP contribution in [0.25, 0.3) is 0 Å². The van der Waals surface area contributed by atoms with Crippen molar-refractivity contribution in [2.45, 2.75) is 6.04 Å². The molecular weight excluding hydrogens is 472 g/mol. The Kier molecular flexibility index (Phi) is 8.68. The zero-order chi connectivity index (χ0) is 26.2. The lowest BCUT2D eigenvalue weighted by Crippen LogP contribution is -2.50. The van der Waals surface area contributed by atoms with Crippen molar-refractivity contribution in [3.63, 3.8) is 0 Å². The maximum Gasteiger partial charge on any atom is 0.251 e. The van der Waals surface area contributed by atoms with E-state index in [2.05, 4.69) is 32.2 Å². The standard InChI is InChI=1S/C28H34N4O5/c1-34-24-10-6-5-9-22(24)31-12-14-32(15-13-31)23(20-8-7-11-29-18-20)19-30-28(33)21-16-25(35-2)27(37-4)26(17-21)36-3/h5-11,16-18,23H,12-15,19H2,1-4H3,(H,30,33)/t23-/m0/s1. The van der Waals surface area contributed by atoms with Gasteiger partial charge in [-0.2, -0.15) is 0 Å². The molecule has 1 fully saturated rings. The number of para-hydroxylation sites is 2. The van der Waals surface area contributed by atoms with Crippen LogP contribution in [-0.2, 0) is 0 Å². The second-order valence-corrected chi connectivity index (χ2v) is 8.62. The lowest BCUT2D eigenvalue weighted by atomic mass is 10.1. The topological polar surface area (TPSA) is 85.4 Å². The van der Waals surface area contributed by atoms with Gasteiger partial charge in [0.05, 0.1) is 40.2 Å². The zero-order valence-corrected chi connectivity index (χ0v) is 21.8. The number of nitrogens with one attached hydrogen (secondary N) is 1. The van der Waals surface area contributed by atoms with Crippen molar-refractivity contribution in [2.24, 2.45) is 0 Å². The number of amides is 1. The Balaban J connectivity index is 1.49. The minimum absolute atomic E-state index is 0.0282. The van der Waals surface area contributed by atoms with Crippen LogP contribution in [0, 0.1) is 0 Å². The fourth-order valence-electron chi connectivity index (χ4n) is 4.70. The molecular formula is C28H34N4O5. The SMILES string of the molecule is COc1ccccc1N1CCN([C@@H](CNC(=O)c2cc(OC)c(OC)c(OC)c2)c2cccnc2)CC1. The van der Waals surface area contributed by atoms with Crippen LogP contribution in [0.15, 0.2) is 60.9 Å². The van der Waals surface area contributed by atoms with Crippen molar-refractivity contribution in [1.29, 1.82) is 0 Å². The van der Waals surface area contributed by atoms with Crippen LogP contribution in [-0.4, -0.2) is 77.0 Å². The summed E-state index contributed by atoms with van der Waals surface area (Å²) in [6.07, 6.45) is 3.62. The first-order valence-corrected chi connectivity index (χ1v) is 12.2. The first kappa shape index (κ1) is 26.1. The van der Waals surface area contributed by atoms with Gasteiger partial charge in [-0.3, -0.25) is 14.7 Å². The molecule has 9 nitrogen and oxygen atoms in total. The molecule has 196 valence electrons. The van der Waals surface area contributed by atoms with Gasteiger partial charge in [0.25, 0.3) is 5.91 Å². The highest BCUT2D eigenvalue weighted by molar-refractivity contribution is 5.95. The minimum atomic E-state index is -0.221. The normalized spacial score (nSPS) is 14.5. The molecule has 0 spiro atoms. The number of benzene rings is 2. The highest BCUT2D eigenvalue weighted by atomic mass is 16.5. The molecule has 4 rings (SSSR count). The van der Waals surface area contributed by atoms with Gasteiger partial charge >= 0.3 is 0 Å². The van der Waals surface area contributed by atoms with Crippen LogP contribution in [0.4, 0.5) is 5.69 Å². The number of nitrogens with zero attached hydrogens (tertiary/aromatic N) is 3. The van der Waals surface area contributed by atoms with Crippen LogP contribution in [0.2, 0.25) is 0 Å². The predicted molar refractivity (Wildman–Crippen MR) is 142 cm³/mol. The molecule has 1 amide bonds. The van der Waals surface area contributed by atoms with Crippen molar-refractivity contribution in [2.75, 3.05) is 66.1 Å². The third kappa shape index (κ3) is 5.89. The molecule has 0 saturated carbocycles. The fourth-order valence-corrected chi connectivity index (χ4v) is 4.70. The Labute approximate surface area is 217 Å². The monoisotopic (exact) mass is 506 g/mol. The number of ether oxygens (including phenoxy) is 4. The molecule has 1 N–H and O–H groups in total. The summed E-state index contributed by atoms with van der Waals surface area (Å²) in [7, 11) is 6.29. The smallest absolute Gasteiger partial charge is 0.251 e. The van der Waals surface area contributed by atoms with Crippen molar-refractivity contribution in [3.05, 3.63) is 72.1 Å². The summed E-state index contributed by atoms with van der Waals surface area (Å²) in [4.78, 5) is 22.2. The Morgan fingerprint density at radius 3 is 2.16 bits per heavy atom. The summed E-state index contributed by atoms with van der Waals surface area (Å²) >= 11 is 0. The molecule has 0 radical (unpaired) electrons. The van der Waals surface area contributed by atoms with Gasteiger partial charge in [-0.15, -0.1) is 0 Å². The molecule has 37 heavy (non-hydrogen) atoms. The maximum atomic E-state index is 13.2. The summed E-state index contributed by atoms with van der Waals surface area (Å²) < 4.78 is 21.8. The number of methoxy groups -OCH3 is 4. The number of hydrogen-bond acceptors (Lipinski definition) is 8. The summed E-state index contributed by atoms with van der Waals surface area (Å²) in [5.74, 6) is 1.97. The Hall–Kier alpha value is -3.98. The van der Waals surface area contributed by atoms with E-state index in [4.69, 9.17) is 18.9 Å². The molecule has 0 unspecified atom stereocenters. The predicted octanol–water partition coefficient (Wildman–Crippen LogP) is 3.41. The Morgan fingerprint density at radius 1 is 0.892 bits per heavy atom. The molecule has 1 aromatic heterocycles. The highest BCUT2D eigenvalue weighted by Gasteiger charge is 2.27. The molecule has 2 aromatic carbocycles. The summed E-state index contributed by atoms with van der Waals surface area (Å²) in [5.41, 5.74) is 2.58. The second kappa shape index (κ2) is 12.3. The molecule has 9 heteroatoms. The molecule has 2 heterocycles. The van der Waals surface area contributed by atoms with E-state index in [1.807, 2.05) is 30.5 Å². The number of anilines is 1. The first-order chi connectivity index (χ1) is 18.1. The summed E-state index contributed by atoms with van der Waals surface area (Å²) in [5, 5.41) is 3.10. The fraction of sp³-hybridized carbons (Fsp3) is 0.357. The van der Waals surface area contributed by atoms with E-state index in [9.17, 15) is 4.79 Å². The molecule has 1 aliphatic rings. The van der Waals surface area contributed by atoms with Gasteiger partial charge in [0.1, 0.15) is 5.75 Å². The molecule has 1 aliphatic heterocycles. The number of rotatable bonds is 10. The van der Waals surface area contributed by atoms with E-state index < -0.39 is 0 Å². The van der Waals surface area contributed by atoms with Crippen molar-refractivity contribution in [3.8, 4) is 23.0 Å². The number of carbonyl (C=O) groups is 1. The van der Waals surface area contributed by atoms with Crippen molar-refractivity contribution >= 4 is 11.6 Å². The molecule has 1 atom stereocenters. The van der Waals surface area contributed by atoms with Gasteiger partial charge in [0, 0.05) is 50.7 Å².